The predicted molar refractivity (Wildman–Crippen MR) is 72.3 cm³/mol. The van der Waals surface area contributed by atoms with Gasteiger partial charge in [-0.2, -0.15) is 13.5 Å². The number of benzene rings is 1. The number of rotatable bonds is 5. The summed E-state index contributed by atoms with van der Waals surface area (Å²) in [5.41, 5.74) is 0.727. The van der Waals surface area contributed by atoms with Crippen molar-refractivity contribution in [3.05, 3.63) is 53.3 Å². The van der Waals surface area contributed by atoms with E-state index in [1.54, 1.807) is 47.4 Å². The fourth-order valence-electron chi connectivity index (χ4n) is 1.66. The largest absolute Gasteiger partial charge is 0.270 e. The zero-order chi connectivity index (χ0) is 13.9. The van der Waals surface area contributed by atoms with E-state index in [4.69, 9.17) is 15.8 Å². The Labute approximate surface area is 116 Å². The first-order chi connectivity index (χ1) is 8.94. The predicted octanol–water partition coefficient (Wildman–Crippen LogP) is 2.25. The highest BCUT2D eigenvalue weighted by molar-refractivity contribution is 7.86. The Morgan fingerprint density at radius 2 is 2.05 bits per heavy atom. The first-order valence-corrected chi connectivity index (χ1v) is 7.74. The summed E-state index contributed by atoms with van der Waals surface area (Å²) < 4.78 is 29.4. The molecule has 1 aromatic carbocycles. The van der Waals surface area contributed by atoms with E-state index in [0.29, 0.717) is 11.6 Å². The van der Waals surface area contributed by atoms with Crippen molar-refractivity contribution in [2.45, 2.75) is 12.6 Å². The fourth-order valence-corrected chi connectivity index (χ4v) is 2.38. The van der Waals surface area contributed by atoms with Crippen LogP contribution in [-0.4, -0.2) is 24.5 Å². The normalized spacial score (nSPS) is 13.4. The van der Waals surface area contributed by atoms with Crippen molar-refractivity contribution in [1.29, 1.82) is 0 Å². The molecule has 2 rings (SSSR count). The van der Waals surface area contributed by atoms with Crippen LogP contribution < -0.4 is 0 Å². The van der Waals surface area contributed by atoms with Crippen LogP contribution in [0.25, 0.3) is 0 Å². The number of hydrogen-bond donors (Lipinski definition) is 0. The molecule has 19 heavy (non-hydrogen) atoms. The highest BCUT2D eigenvalue weighted by Crippen LogP contribution is 2.23. The molecule has 0 spiro atoms. The summed E-state index contributed by atoms with van der Waals surface area (Å²) in [6.07, 6.45) is 3.76. The summed E-state index contributed by atoms with van der Waals surface area (Å²) in [5, 5.41) is 4.63. The van der Waals surface area contributed by atoms with Gasteiger partial charge >= 0.3 is 0 Å². The van der Waals surface area contributed by atoms with Crippen LogP contribution in [0.2, 0.25) is 5.02 Å². The highest BCUT2D eigenvalue weighted by atomic mass is 35.5. The van der Waals surface area contributed by atoms with Crippen LogP contribution in [0.15, 0.2) is 42.7 Å². The van der Waals surface area contributed by atoms with Crippen molar-refractivity contribution in [2.24, 2.45) is 0 Å². The van der Waals surface area contributed by atoms with Crippen LogP contribution in [0.3, 0.4) is 0 Å². The summed E-state index contributed by atoms with van der Waals surface area (Å²) >= 11 is 5.82. The molecule has 1 heterocycles. The van der Waals surface area contributed by atoms with Crippen LogP contribution in [-0.2, 0) is 20.8 Å². The van der Waals surface area contributed by atoms with E-state index in [0.717, 1.165) is 11.8 Å². The summed E-state index contributed by atoms with van der Waals surface area (Å²) in [7, 11) is -3.56. The quantitative estimate of drug-likeness (QED) is 0.795. The second-order valence-electron chi connectivity index (χ2n) is 4.07. The number of nitrogens with zero attached hydrogens (tertiary/aromatic N) is 2. The van der Waals surface area contributed by atoms with Gasteiger partial charge in [0.1, 0.15) is 6.10 Å². The molecule has 0 aliphatic carbocycles. The maximum absolute atomic E-state index is 11.3. The maximum Gasteiger partial charge on any atom is 0.265 e. The molecule has 102 valence electrons. The molecule has 0 radical (unpaired) electrons. The van der Waals surface area contributed by atoms with Crippen LogP contribution in [0.1, 0.15) is 11.7 Å². The molecule has 0 saturated carbocycles. The van der Waals surface area contributed by atoms with Gasteiger partial charge in [0.05, 0.1) is 12.8 Å². The maximum atomic E-state index is 11.3. The Morgan fingerprint density at radius 3 is 2.58 bits per heavy atom. The van der Waals surface area contributed by atoms with Crippen LogP contribution in [0.4, 0.5) is 0 Å². The van der Waals surface area contributed by atoms with Crippen LogP contribution >= 0.6 is 11.6 Å². The molecule has 5 nitrogen and oxygen atoms in total. The molecule has 0 aliphatic heterocycles. The van der Waals surface area contributed by atoms with Gasteiger partial charge in [-0.1, -0.05) is 23.7 Å². The van der Waals surface area contributed by atoms with E-state index < -0.39 is 16.2 Å². The molecule has 0 aliphatic rings. The first-order valence-electron chi connectivity index (χ1n) is 5.55. The fraction of sp³-hybridized carbons (Fsp3) is 0.250. The Balaban J connectivity index is 2.25. The van der Waals surface area contributed by atoms with Crippen LogP contribution in [0, 0.1) is 0 Å². The summed E-state index contributed by atoms with van der Waals surface area (Å²) in [4.78, 5) is 0. The van der Waals surface area contributed by atoms with Gasteiger partial charge < -0.3 is 0 Å². The van der Waals surface area contributed by atoms with E-state index in [2.05, 4.69) is 5.10 Å². The third kappa shape index (κ3) is 4.34. The molecule has 0 fully saturated rings. The third-order valence-electron chi connectivity index (χ3n) is 2.44. The lowest BCUT2D eigenvalue weighted by Gasteiger charge is -2.16. The van der Waals surface area contributed by atoms with Crippen molar-refractivity contribution in [3.63, 3.8) is 0 Å². The van der Waals surface area contributed by atoms with E-state index in [1.165, 1.54) is 0 Å². The molecule has 1 aromatic heterocycles. The molecule has 1 atom stereocenters. The lowest BCUT2D eigenvalue weighted by atomic mass is 10.1. The SMILES string of the molecule is CS(=O)(=O)O[C@H](Cn1cccn1)c1ccc(Cl)cc1. The van der Waals surface area contributed by atoms with Crippen LogP contribution in [0.5, 0.6) is 0 Å². The monoisotopic (exact) mass is 300 g/mol. The van der Waals surface area contributed by atoms with Crippen molar-refractivity contribution in [2.75, 3.05) is 6.26 Å². The molecule has 0 amide bonds. The van der Waals surface area contributed by atoms with Crippen molar-refractivity contribution in [3.8, 4) is 0 Å². The lowest BCUT2D eigenvalue weighted by molar-refractivity contribution is 0.187. The highest BCUT2D eigenvalue weighted by Gasteiger charge is 2.18. The molecule has 0 saturated heterocycles. The minimum Gasteiger partial charge on any atom is -0.270 e. The van der Waals surface area contributed by atoms with Gasteiger partial charge in [0, 0.05) is 17.4 Å². The molecule has 7 heteroatoms. The van der Waals surface area contributed by atoms with Gasteiger partial charge in [0.15, 0.2) is 0 Å². The zero-order valence-corrected chi connectivity index (χ0v) is 11.8. The van der Waals surface area contributed by atoms with E-state index >= 15 is 0 Å². The topological polar surface area (TPSA) is 61.2 Å². The Bertz CT molecular complexity index is 624. The molecular weight excluding hydrogens is 288 g/mol. The third-order valence-corrected chi connectivity index (χ3v) is 3.28. The van der Waals surface area contributed by atoms with Crippen molar-refractivity contribution in [1.82, 2.24) is 9.78 Å². The molecule has 0 N–H and O–H groups in total. The molecule has 0 unspecified atom stereocenters. The van der Waals surface area contributed by atoms with Gasteiger partial charge in [0.25, 0.3) is 10.1 Å². The number of halogens is 1. The molecule has 2 aromatic rings. The van der Waals surface area contributed by atoms with Gasteiger partial charge in [-0.25, -0.2) is 0 Å². The summed E-state index contributed by atoms with van der Waals surface area (Å²) in [5.74, 6) is 0. The smallest absolute Gasteiger partial charge is 0.265 e. The number of hydrogen-bond acceptors (Lipinski definition) is 4. The minimum absolute atomic E-state index is 0.307. The number of aromatic nitrogens is 2. The molecular formula is C12H13ClN2O3S. The van der Waals surface area contributed by atoms with Crippen molar-refractivity contribution >= 4 is 21.7 Å². The summed E-state index contributed by atoms with van der Waals surface area (Å²) in [6, 6.07) is 8.62. The zero-order valence-electron chi connectivity index (χ0n) is 10.2. The lowest BCUT2D eigenvalue weighted by Crippen LogP contribution is -2.16. The Kier molecular flexibility index (Phi) is 4.24. The van der Waals surface area contributed by atoms with Gasteiger partial charge in [-0.3, -0.25) is 8.86 Å². The van der Waals surface area contributed by atoms with Gasteiger partial charge in [-0.15, -0.1) is 0 Å². The minimum atomic E-state index is -3.56. The Morgan fingerprint density at radius 1 is 1.37 bits per heavy atom. The van der Waals surface area contributed by atoms with E-state index in [9.17, 15) is 8.42 Å². The molecule has 0 bridgehead atoms. The van der Waals surface area contributed by atoms with Crippen molar-refractivity contribution < 1.29 is 12.6 Å². The van der Waals surface area contributed by atoms with Gasteiger partial charge in [0.2, 0.25) is 0 Å². The average Bonchev–Trinajstić information content (AvgIpc) is 2.80. The first kappa shape index (κ1) is 14.0. The van der Waals surface area contributed by atoms with E-state index in [-0.39, 0.29) is 0 Å². The standard InChI is InChI=1S/C12H13ClN2O3S/c1-19(16,17)18-12(9-15-8-2-7-14-15)10-3-5-11(13)6-4-10/h2-8,12H,9H2,1H3/t12-/m1/s1. The Hall–Kier alpha value is -1.37. The average molecular weight is 301 g/mol. The second-order valence-corrected chi connectivity index (χ2v) is 6.11. The summed E-state index contributed by atoms with van der Waals surface area (Å²) in [6.45, 7) is 0.307. The van der Waals surface area contributed by atoms with E-state index in [1.807, 2.05) is 0 Å². The van der Waals surface area contributed by atoms with Gasteiger partial charge in [-0.05, 0) is 23.8 Å². The second kappa shape index (κ2) is 5.73.